The molecule has 164 valence electrons. The number of aryl methyl sites for hydroxylation is 1. The van der Waals surface area contributed by atoms with Gasteiger partial charge in [-0.1, -0.05) is 38.0 Å². The summed E-state index contributed by atoms with van der Waals surface area (Å²) in [5.41, 5.74) is 2.03. The second kappa shape index (κ2) is 9.69. The molecule has 0 spiro atoms. The Morgan fingerprint density at radius 3 is 2.39 bits per heavy atom. The van der Waals surface area contributed by atoms with Crippen molar-refractivity contribution in [1.29, 1.82) is 0 Å². The summed E-state index contributed by atoms with van der Waals surface area (Å²) < 4.78 is 10.8. The third kappa shape index (κ3) is 4.29. The lowest BCUT2D eigenvalue weighted by atomic mass is 9.94. The molecule has 1 heterocycles. The fourth-order valence-electron chi connectivity index (χ4n) is 4.04. The van der Waals surface area contributed by atoms with Crippen LogP contribution in [0.5, 0.6) is 11.5 Å². The number of likely N-dealkylation sites (tertiary alicyclic amines) is 1. The lowest BCUT2D eigenvalue weighted by Crippen LogP contribution is -2.30. The van der Waals surface area contributed by atoms with E-state index >= 15 is 0 Å². The third-order valence-electron chi connectivity index (χ3n) is 5.64. The zero-order valence-corrected chi connectivity index (χ0v) is 18.5. The van der Waals surface area contributed by atoms with E-state index in [0.717, 1.165) is 24.8 Å². The van der Waals surface area contributed by atoms with Crippen molar-refractivity contribution in [2.24, 2.45) is 0 Å². The third-order valence-corrected chi connectivity index (χ3v) is 5.64. The van der Waals surface area contributed by atoms with Gasteiger partial charge in [-0.05, 0) is 43.2 Å². The highest BCUT2D eigenvalue weighted by Crippen LogP contribution is 2.43. The van der Waals surface area contributed by atoms with E-state index in [1.165, 1.54) is 0 Å². The molecule has 1 fully saturated rings. The topological polar surface area (TPSA) is 76.1 Å². The summed E-state index contributed by atoms with van der Waals surface area (Å²) in [5.74, 6) is -0.236. The standard InChI is InChI=1S/C25H29NO5/c1-5-6-9-14-26-22(18-10-7-8-11-20(18)31-4)21(24(28)25(26)29)23(27)17-12-13-19(30-3)16(2)15-17/h7-8,10-13,15,22,27H,5-6,9,14H2,1-4H3/b23-21+. The number of para-hydroxylation sites is 1. The first kappa shape index (κ1) is 22.4. The van der Waals surface area contributed by atoms with Gasteiger partial charge >= 0.3 is 0 Å². The maximum Gasteiger partial charge on any atom is 0.295 e. The van der Waals surface area contributed by atoms with Gasteiger partial charge in [0.25, 0.3) is 11.7 Å². The Kier molecular flexibility index (Phi) is 7.00. The number of unbranched alkanes of at least 4 members (excludes halogenated alkanes) is 2. The summed E-state index contributed by atoms with van der Waals surface area (Å²) in [6.45, 7) is 4.37. The fraction of sp³-hybridized carbons (Fsp3) is 0.360. The van der Waals surface area contributed by atoms with Crippen molar-refractivity contribution in [3.8, 4) is 11.5 Å². The number of carbonyl (C=O) groups is 2. The number of ether oxygens (including phenoxy) is 2. The SMILES string of the molecule is CCCCCN1C(=O)C(=O)/C(=C(/O)c2ccc(OC)c(C)c2)C1c1ccccc1OC. The van der Waals surface area contributed by atoms with Crippen LogP contribution in [0, 0.1) is 6.92 Å². The number of amides is 1. The summed E-state index contributed by atoms with van der Waals surface area (Å²) in [5, 5.41) is 11.2. The Hall–Kier alpha value is -3.28. The maximum absolute atomic E-state index is 13.1. The summed E-state index contributed by atoms with van der Waals surface area (Å²) in [4.78, 5) is 27.6. The van der Waals surface area contributed by atoms with Crippen LogP contribution in [0.2, 0.25) is 0 Å². The van der Waals surface area contributed by atoms with Gasteiger partial charge in [0.05, 0.1) is 25.8 Å². The highest BCUT2D eigenvalue weighted by molar-refractivity contribution is 6.46. The first-order chi connectivity index (χ1) is 14.9. The normalized spacial score (nSPS) is 17.8. The smallest absolute Gasteiger partial charge is 0.295 e. The summed E-state index contributed by atoms with van der Waals surface area (Å²) in [6.07, 6.45) is 2.71. The molecule has 0 aromatic heterocycles. The van der Waals surface area contributed by atoms with Crippen molar-refractivity contribution in [1.82, 2.24) is 4.90 Å². The molecule has 1 aliphatic rings. The lowest BCUT2D eigenvalue weighted by Gasteiger charge is -2.26. The Labute approximate surface area is 183 Å². The van der Waals surface area contributed by atoms with Gasteiger partial charge < -0.3 is 19.5 Å². The summed E-state index contributed by atoms with van der Waals surface area (Å²) in [7, 11) is 3.13. The van der Waals surface area contributed by atoms with E-state index in [1.54, 1.807) is 43.4 Å². The van der Waals surface area contributed by atoms with Crippen LogP contribution < -0.4 is 9.47 Å². The van der Waals surface area contributed by atoms with E-state index in [9.17, 15) is 14.7 Å². The number of Topliss-reactive ketones (excluding diaryl/α,β-unsaturated/α-hetero) is 1. The van der Waals surface area contributed by atoms with Crippen LogP contribution >= 0.6 is 0 Å². The van der Waals surface area contributed by atoms with Gasteiger partial charge in [0.1, 0.15) is 17.3 Å². The van der Waals surface area contributed by atoms with Crippen LogP contribution in [0.25, 0.3) is 5.76 Å². The average Bonchev–Trinajstić information content (AvgIpc) is 3.03. The van der Waals surface area contributed by atoms with Gasteiger partial charge in [-0.2, -0.15) is 0 Å². The summed E-state index contributed by atoms with van der Waals surface area (Å²) in [6, 6.07) is 11.7. The first-order valence-corrected chi connectivity index (χ1v) is 10.5. The molecule has 0 aliphatic carbocycles. The van der Waals surface area contributed by atoms with E-state index in [4.69, 9.17) is 9.47 Å². The Morgan fingerprint density at radius 1 is 1.03 bits per heavy atom. The van der Waals surface area contributed by atoms with Crippen LogP contribution in [0.4, 0.5) is 0 Å². The first-order valence-electron chi connectivity index (χ1n) is 10.5. The number of nitrogens with zero attached hydrogens (tertiary/aromatic N) is 1. The van der Waals surface area contributed by atoms with E-state index in [0.29, 0.717) is 29.2 Å². The van der Waals surface area contributed by atoms with Gasteiger partial charge in [-0.15, -0.1) is 0 Å². The Balaban J connectivity index is 2.17. The predicted molar refractivity (Wildman–Crippen MR) is 119 cm³/mol. The molecule has 1 unspecified atom stereocenters. The van der Waals surface area contributed by atoms with Crippen LogP contribution in [0.3, 0.4) is 0 Å². The molecule has 1 amide bonds. The monoisotopic (exact) mass is 423 g/mol. The van der Waals surface area contributed by atoms with Crippen LogP contribution in [0.15, 0.2) is 48.0 Å². The molecule has 6 nitrogen and oxygen atoms in total. The Bertz CT molecular complexity index is 1010. The predicted octanol–water partition coefficient (Wildman–Crippen LogP) is 4.62. The quantitative estimate of drug-likeness (QED) is 0.290. The lowest BCUT2D eigenvalue weighted by molar-refractivity contribution is -0.139. The minimum Gasteiger partial charge on any atom is -0.507 e. The van der Waals surface area contributed by atoms with Crippen molar-refractivity contribution >= 4 is 17.4 Å². The molecule has 0 radical (unpaired) electrons. The molecule has 2 aromatic rings. The minimum absolute atomic E-state index is 0.0792. The number of methoxy groups -OCH3 is 2. The van der Waals surface area contributed by atoms with Crippen molar-refractivity contribution in [2.75, 3.05) is 20.8 Å². The van der Waals surface area contributed by atoms with Gasteiger partial charge in [0.2, 0.25) is 0 Å². The van der Waals surface area contributed by atoms with Crippen molar-refractivity contribution < 1.29 is 24.2 Å². The number of hydrogen-bond donors (Lipinski definition) is 1. The van der Waals surface area contributed by atoms with E-state index in [1.807, 2.05) is 25.1 Å². The molecule has 31 heavy (non-hydrogen) atoms. The molecule has 6 heteroatoms. The van der Waals surface area contributed by atoms with Gasteiger partial charge in [0, 0.05) is 17.7 Å². The number of benzene rings is 2. The number of carbonyl (C=O) groups excluding carboxylic acids is 2. The molecule has 0 saturated carbocycles. The molecule has 0 bridgehead atoms. The van der Waals surface area contributed by atoms with Crippen molar-refractivity contribution in [2.45, 2.75) is 39.2 Å². The van der Waals surface area contributed by atoms with Gasteiger partial charge in [-0.3, -0.25) is 9.59 Å². The molecule has 1 N–H and O–H groups in total. The Morgan fingerprint density at radius 2 is 1.74 bits per heavy atom. The van der Waals surface area contributed by atoms with Crippen LogP contribution in [-0.2, 0) is 9.59 Å². The number of aliphatic hydroxyl groups is 1. The highest BCUT2D eigenvalue weighted by atomic mass is 16.5. The minimum atomic E-state index is -0.713. The van der Waals surface area contributed by atoms with Crippen LogP contribution in [0.1, 0.15) is 48.9 Å². The number of aliphatic hydroxyl groups excluding tert-OH is 1. The molecule has 2 aromatic carbocycles. The molecule has 1 saturated heterocycles. The molecular formula is C25H29NO5. The van der Waals surface area contributed by atoms with Crippen LogP contribution in [-0.4, -0.2) is 42.5 Å². The largest absolute Gasteiger partial charge is 0.507 e. The van der Waals surface area contributed by atoms with Gasteiger partial charge in [0.15, 0.2) is 0 Å². The zero-order valence-electron chi connectivity index (χ0n) is 18.5. The maximum atomic E-state index is 13.1. The molecular weight excluding hydrogens is 394 g/mol. The van der Waals surface area contributed by atoms with E-state index in [2.05, 4.69) is 6.92 Å². The second-order valence-corrected chi connectivity index (χ2v) is 7.63. The molecule has 1 aliphatic heterocycles. The fourth-order valence-corrected chi connectivity index (χ4v) is 4.04. The van der Waals surface area contributed by atoms with Crippen molar-refractivity contribution in [3.63, 3.8) is 0 Å². The number of ketones is 1. The molecule has 1 atom stereocenters. The average molecular weight is 424 g/mol. The summed E-state index contributed by atoms with van der Waals surface area (Å²) >= 11 is 0. The van der Waals surface area contributed by atoms with E-state index < -0.39 is 17.7 Å². The second-order valence-electron chi connectivity index (χ2n) is 7.63. The van der Waals surface area contributed by atoms with E-state index in [-0.39, 0.29) is 11.3 Å². The zero-order chi connectivity index (χ0) is 22.5. The molecule has 3 rings (SSSR count). The number of hydrogen-bond acceptors (Lipinski definition) is 5. The number of rotatable bonds is 8. The van der Waals surface area contributed by atoms with Crippen molar-refractivity contribution in [3.05, 3.63) is 64.7 Å². The highest BCUT2D eigenvalue weighted by Gasteiger charge is 2.46. The van der Waals surface area contributed by atoms with Gasteiger partial charge in [-0.25, -0.2) is 0 Å².